The van der Waals surface area contributed by atoms with E-state index in [0.29, 0.717) is 6.04 Å². The first-order valence-electron chi connectivity index (χ1n) is 6.25. The monoisotopic (exact) mass is 278 g/mol. The van der Waals surface area contributed by atoms with Crippen molar-refractivity contribution in [3.63, 3.8) is 0 Å². The molecule has 0 aliphatic carbocycles. The molecule has 1 aromatic carbocycles. The summed E-state index contributed by atoms with van der Waals surface area (Å²) >= 11 is 7.64. The van der Waals surface area contributed by atoms with E-state index in [2.05, 4.69) is 10.7 Å². The molecular weight excluding hydrogens is 264 g/mol. The third kappa shape index (κ3) is 2.74. The van der Waals surface area contributed by atoms with Gasteiger partial charge in [0.2, 0.25) is 0 Å². The topological polar surface area (TPSA) is 24.9 Å². The summed E-state index contributed by atoms with van der Waals surface area (Å²) in [6.07, 6.45) is 3.62. The fraction of sp³-hybridized carbons (Fsp3) is 0.357. The zero-order valence-electron chi connectivity index (χ0n) is 10.0. The summed E-state index contributed by atoms with van der Waals surface area (Å²) in [7, 11) is 0. The highest BCUT2D eigenvalue weighted by atomic mass is 35.5. The summed E-state index contributed by atoms with van der Waals surface area (Å²) in [6.45, 7) is 1.15. The van der Waals surface area contributed by atoms with Crippen molar-refractivity contribution in [3.05, 3.63) is 39.7 Å². The van der Waals surface area contributed by atoms with E-state index in [0.717, 1.165) is 29.2 Å². The van der Waals surface area contributed by atoms with Crippen molar-refractivity contribution in [3.8, 4) is 11.3 Å². The Morgan fingerprint density at radius 2 is 2.17 bits per heavy atom. The van der Waals surface area contributed by atoms with Crippen LogP contribution in [0.4, 0.5) is 0 Å². The Hall–Kier alpha value is -0.900. The van der Waals surface area contributed by atoms with Crippen LogP contribution in [-0.2, 0) is 6.42 Å². The van der Waals surface area contributed by atoms with Gasteiger partial charge in [0.1, 0.15) is 0 Å². The van der Waals surface area contributed by atoms with E-state index in [1.807, 2.05) is 24.3 Å². The van der Waals surface area contributed by atoms with Gasteiger partial charge >= 0.3 is 0 Å². The van der Waals surface area contributed by atoms with Gasteiger partial charge in [-0.1, -0.05) is 23.7 Å². The van der Waals surface area contributed by atoms with Gasteiger partial charge in [0.05, 0.1) is 10.7 Å². The molecule has 1 aromatic heterocycles. The van der Waals surface area contributed by atoms with Gasteiger partial charge in [-0.15, -0.1) is 11.3 Å². The number of hydrogen-bond acceptors (Lipinski definition) is 3. The summed E-state index contributed by atoms with van der Waals surface area (Å²) in [5.74, 6) is 0. The van der Waals surface area contributed by atoms with Crippen molar-refractivity contribution in [1.82, 2.24) is 10.3 Å². The number of hydrogen-bond donors (Lipinski definition) is 1. The summed E-state index contributed by atoms with van der Waals surface area (Å²) in [6, 6.07) is 8.49. The molecule has 94 valence electrons. The first kappa shape index (κ1) is 12.2. The van der Waals surface area contributed by atoms with Gasteiger partial charge < -0.3 is 5.32 Å². The molecule has 0 radical (unpaired) electrons. The summed E-state index contributed by atoms with van der Waals surface area (Å²) in [5, 5.41) is 7.63. The van der Waals surface area contributed by atoms with Gasteiger partial charge in [-0.05, 0) is 31.5 Å². The molecule has 2 nitrogen and oxygen atoms in total. The van der Waals surface area contributed by atoms with Crippen LogP contribution in [0.25, 0.3) is 11.3 Å². The molecular formula is C14H15ClN2S. The largest absolute Gasteiger partial charge is 0.314 e. The zero-order valence-corrected chi connectivity index (χ0v) is 11.6. The highest BCUT2D eigenvalue weighted by molar-refractivity contribution is 7.09. The van der Waals surface area contributed by atoms with Crippen LogP contribution in [0.5, 0.6) is 0 Å². The SMILES string of the molecule is Clc1ccc(-c2csc(CC3CCCN3)n2)cc1. The van der Waals surface area contributed by atoms with Gasteiger partial charge in [-0.25, -0.2) is 4.98 Å². The highest BCUT2D eigenvalue weighted by Gasteiger charge is 2.16. The minimum atomic E-state index is 0.620. The normalized spacial score (nSPS) is 19.3. The number of nitrogens with one attached hydrogen (secondary N) is 1. The first-order valence-corrected chi connectivity index (χ1v) is 7.51. The van der Waals surface area contributed by atoms with E-state index in [4.69, 9.17) is 16.6 Å². The molecule has 0 amide bonds. The van der Waals surface area contributed by atoms with Crippen molar-refractivity contribution < 1.29 is 0 Å². The standard InChI is InChI=1S/C14H15ClN2S/c15-11-5-3-10(4-6-11)13-9-18-14(17-13)8-12-2-1-7-16-12/h3-6,9,12,16H,1-2,7-8H2. The maximum Gasteiger partial charge on any atom is 0.0948 e. The molecule has 3 rings (SSSR count). The Balaban J connectivity index is 1.74. The molecule has 0 saturated carbocycles. The Morgan fingerprint density at radius 1 is 1.33 bits per heavy atom. The van der Waals surface area contributed by atoms with Crippen LogP contribution in [0, 0.1) is 0 Å². The first-order chi connectivity index (χ1) is 8.81. The van der Waals surface area contributed by atoms with Gasteiger partial charge in [0, 0.05) is 28.4 Å². The van der Waals surface area contributed by atoms with Crippen LogP contribution in [0.2, 0.25) is 5.02 Å². The molecule has 1 aliphatic heterocycles. The maximum absolute atomic E-state index is 5.89. The lowest BCUT2D eigenvalue weighted by molar-refractivity contribution is 0.601. The van der Waals surface area contributed by atoms with Crippen molar-refractivity contribution in [2.75, 3.05) is 6.54 Å². The molecule has 2 heterocycles. The predicted octanol–water partition coefficient (Wildman–Crippen LogP) is 3.76. The minimum Gasteiger partial charge on any atom is -0.314 e. The number of benzene rings is 1. The predicted molar refractivity (Wildman–Crippen MR) is 77.3 cm³/mol. The molecule has 1 fully saturated rings. The Kier molecular flexibility index (Phi) is 3.64. The van der Waals surface area contributed by atoms with Crippen molar-refractivity contribution in [1.29, 1.82) is 0 Å². The van der Waals surface area contributed by atoms with Crippen molar-refractivity contribution >= 4 is 22.9 Å². The fourth-order valence-corrected chi connectivity index (χ4v) is 3.31. The molecule has 1 aliphatic rings. The van der Waals surface area contributed by atoms with Crippen LogP contribution in [0.1, 0.15) is 17.8 Å². The summed E-state index contributed by atoms with van der Waals surface area (Å²) in [4.78, 5) is 4.71. The fourth-order valence-electron chi connectivity index (χ4n) is 2.30. The van der Waals surface area contributed by atoms with Gasteiger partial charge in [-0.2, -0.15) is 0 Å². The molecule has 1 unspecified atom stereocenters. The number of halogens is 1. The lowest BCUT2D eigenvalue weighted by Crippen LogP contribution is -2.23. The lowest BCUT2D eigenvalue weighted by Gasteiger charge is -2.06. The summed E-state index contributed by atoms with van der Waals surface area (Å²) < 4.78 is 0. The second-order valence-corrected chi connectivity index (χ2v) is 6.01. The Bertz CT molecular complexity index is 515. The molecule has 1 saturated heterocycles. The van der Waals surface area contributed by atoms with Gasteiger partial charge in [0.15, 0.2) is 0 Å². The molecule has 0 spiro atoms. The van der Waals surface area contributed by atoms with Gasteiger partial charge in [0.25, 0.3) is 0 Å². The number of thiazole rings is 1. The van der Waals surface area contributed by atoms with E-state index >= 15 is 0 Å². The summed E-state index contributed by atoms with van der Waals surface area (Å²) in [5.41, 5.74) is 2.20. The Labute approximate surface area is 116 Å². The van der Waals surface area contributed by atoms with Crippen LogP contribution in [-0.4, -0.2) is 17.6 Å². The van der Waals surface area contributed by atoms with Crippen LogP contribution >= 0.6 is 22.9 Å². The molecule has 1 N–H and O–H groups in total. The highest BCUT2D eigenvalue weighted by Crippen LogP contribution is 2.24. The van der Waals surface area contributed by atoms with E-state index in [1.54, 1.807) is 11.3 Å². The smallest absolute Gasteiger partial charge is 0.0948 e. The second kappa shape index (κ2) is 5.39. The van der Waals surface area contributed by atoms with Crippen molar-refractivity contribution in [2.45, 2.75) is 25.3 Å². The lowest BCUT2D eigenvalue weighted by atomic mass is 10.1. The average molecular weight is 279 g/mol. The second-order valence-electron chi connectivity index (χ2n) is 4.63. The Morgan fingerprint density at radius 3 is 2.89 bits per heavy atom. The number of rotatable bonds is 3. The van der Waals surface area contributed by atoms with Crippen LogP contribution in [0.3, 0.4) is 0 Å². The molecule has 2 aromatic rings. The maximum atomic E-state index is 5.89. The number of aromatic nitrogens is 1. The van der Waals surface area contributed by atoms with E-state index < -0.39 is 0 Å². The van der Waals surface area contributed by atoms with Gasteiger partial charge in [-0.3, -0.25) is 0 Å². The average Bonchev–Trinajstić information content (AvgIpc) is 3.02. The van der Waals surface area contributed by atoms with E-state index in [-0.39, 0.29) is 0 Å². The molecule has 18 heavy (non-hydrogen) atoms. The van der Waals surface area contributed by atoms with E-state index in [9.17, 15) is 0 Å². The quantitative estimate of drug-likeness (QED) is 0.925. The molecule has 1 atom stereocenters. The molecule has 0 bridgehead atoms. The minimum absolute atomic E-state index is 0.620. The third-order valence-electron chi connectivity index (χ3n) is 3.28. The van der Waals surface area contributed by atoms with Crippen molar-refractivity contribution in [2.24, 2.45) is 0 Å². The number of nitrogens with zero attached hydrogens (tertiary/aromatic N) is 1. The van der Waals surface area contributed by atoms with E-state index in [1.165, 1.54) is 17.8 Å². The van der Waals surface area contributed by atoms with Crippen LogP contribution < -0.4 is 5.32 Å². The van der Waals surface area contributed by atoms with Crippen LogP contribution in [0.15, 0.2) is 29.6 Å². The third-order valence-corrected chi connectivity index (χ3v) is 4.40. The zero-order chi connectivity index (χ0) is 12.4. The molecule has 4 heteroatoms.